The number of ether oxygens (including phenoxy) is 2. The third kappa shape index (κ3) is 3.98. The second-order valence-electron chi connectivity index (χ2n) is 6.90. The van der Waals surface area contributed by atoms with Crippen molar-refractivity contribution in [2.24, 2.45) is 0 Å². The lowest BCUT2D eigenvalue weighted by Gasteiger charge is -2.18. The third-order valence-electron chi connectivity index (χ3n) is 5.10. The van der Waals surface area contributed by atoms with Gasteiger partial charge in [-0.2, -0.15) is 0 Å². The third-order valence-corrected chi connectivity index (χ3v) is 5.39. The van der Waals surface area contributed by atoms with Gasteiger partial charge in [0.25, 0.3) is 0 Å². The Morgan fingerprint density at radius 1 is 1.08 bits per heavy atom. The molecule has 0 radical (unpaired) electrons. The smallest absolute Gasteiger partial charge is 0.144 e. The zero-order valence-corrected chi connectivity index (χ0v) is 15.2. The second kappa shape index (κ2) is 7.75. The highest BCUT2D eigenvalue weighted by atomic mass is 35.5. The molecule has 134 valence electrons. The highest BCUT2D eigenvalue weighted by Crippen LogP contribution is 2.36. The van der Waals surface area contributed by atoms with Gasteiger partial charge in [0.05, 0.1) is 17.0 Å². The van der Waals surface area contributed by atoms with Gasteiger partial charge in [0.1, 0.15) is 29.6 Å². The zero-order chi connectivity index (χ0) is 17.1. The fourth-order valence-corrected chi connectivity index (χ4v) is 3.99. The molecule has 6 heteroatoms. The van der Waals surface area contributed by atoms with Crippen molar-refractivity contribution in [2.75, 3.05) is 26.2 Å². The van der Waals surface area contributed by atoms with E-state index in [1.165, 1.54) is 45.1 Å². The Bertz CT molecular complexity index is 728. The van der Waals surface area contributed by atoms with Crippen LogP contribution in [-0.2, 0) is 0 Å². The fourth-order valence-electron chi connectivity index (χ4n) is 3.75. The summed E-state index contributed by atoms with van der Waals surface area (Å²) in [7, 11) is 0. The number of nitrogens with zero attached hydrogens (tertiary/aromatic N) is 3. The summed E-state index contributed by atoms with van der Waals surface area (Å²) >= 11 is 6.31. The van der Waals surface area contributed by atoms with Gasteiger partial charge in [-0.25, -0.2) is 9.97 Å². The molecule has 1 saturated carbocycles. The van der Waals surface area contributed by atoms with E-state index in [1.54, 1.807) is 0 Å². The number of likely N-dealkylation sites (tertiary alicyclic amines) is 1. The number of hydrogen-bond donors (Lipinski definition) is 0. The van der Waals surface area contributed by atoms with E-state index in [4.69, 9.17) is 21.1 Å². The standard InChI is InChI=1S/C19H24ClN3O2/c20-19-18-16(21-13-22-19)11-15(24-10-9-23-7-3-4-8-23)12-17(18)25-14-5-1-2-6-14/h11-14H,1-10H2. The normalized spacial score (nSPS) is 18.9. The molecule has 0 amide bonds. The first kappa shape index (κ1) is 16.9. The lowest BCUT2D eigenvalue weighted by Crippen LogP contribution is -2.25. The molecular weight excluding hydrogens is 338 g/mol. The van der Waals surface area contributed by atoms with Crippen LogP contribution in [0, 0.1) is 0 Å². The minimum atomic E-state index is 0.249. The predicted molar refractivity (Wildman–Crippen MR) is 98.6 cm³/mol. The van der Waals surface area contributed by atoms with E-state index in [0.29, 0.717) is 11.8 Å². The lowest BCUT2D eigenvalue weighted by molar-refractivity contribution is 0.209. The van der Waals surface area contributed by atoms with E-state index in [0.717, 1.165) is 41.8 Å². The van der Waals surface area contributed by atoms with Gasteiger partial charge in [-0.05, 0) is 51.6 Å². The molecule has 0 atom stereocenters. The van der Waals surface area contributed by atoms with Crippen LogP contribution in [0.2, 0.25) is 5.15 Å². The molecule has 0 spiro atoms. The molecule has 1 aromatic heterocycles. The van der Waals surface area contributed by atoms with Crippen LogP contribution in [0.5, 0.6) is 11.5 Å². The van der Waals surface area contributed by atoms with Gasteiger partial charge in [0.2, 0.25) is 0 Å². The molecule has 2 aromatic rings. The zero-order valence-electron chi connectivity index (χ0n) is 14.4. The Morgan fingerprint density at radius 2 is 1.88 bits per heavy atom. The van der Waals surface area contributed by atoms with Crippen molar-refractivity contribution in [3.63, 3.8) is 0 Å². The van der Waals surface area contributed by atoms with Gasteiger partial charge < -0.3 is 9.47 Å². The topological polar surface area (TPSA) is 47.5 Å². The van der Waals surface area contributed by atoms with Gasteiger partial charge in [-0.1, -0.05) is 11.6 Å². The quantitative estimate of drug-likeness (QED) is 0.725. The molecule has 1 aliphatic carbocycles. The van der Waals surface area contributed by atoms with Gasteiger partial charge in [-0.15, -0.1) is 0 Å². The largest absolute Gasteiger partial charge is 0.492 e. The van der Waals surface area contributed by atoms with Crippen molar-refractivity contribution in [3.05, 3.63) is 23.6 Å². The van der Waals surface area contributed by atoms with E-state index in [-0.39, 0.29) is 6.10 Å². The van der Waals surface area contributed by atoms with Crippen LogP contribution in [0.1, 0.15) is 38.5 Å². The van der Waals surface area contributed by atoms with Gasteiger partial charge >= 0.3 is 0 Å². The maximum atomic E-state index is 6.31. The summed E-state index contributed by atoms with van der Waals surface area (Å²) < 4.78 is 12.2. The fraction of sp³-hybridized carbons (Fsp3) is 0.579. The van der Waals surface area contributed by atoms with E-state index < -0.39 is 0 Å². The summed E-state index contributed by atoms with van der Waals surface area (Å²) in [5, 5.41) is 1.21. The average molecular weight is 362 g/mol. The van der Waals surface area contributed by atoms with Crippen LogP contribution >= 0.6 is 11.6 Å². The summed E-state index contributed by atoms with van der Waals surface area (Å²) in [6.07, 6.45) is 8.95. The van der Waals surface area contributed by atoms with E-state index >= 15 is 0 Å². The predicted octanol–water partition coefficient (Wildman–Crippen LogP) is 4.08. The highest BCUT2D eigenvalue weighted by molar-refractivity contribution is 6.34. The van der Waals surface area contributed by atoms with Crippen molar-refractivity contribution < 1.29 is 9.47 Å². The second-order valence-corrected chi connectivity index (χ2v) is 7.26. The van der Waals surface area contributed by atoms with Crippen LogP contribution in [-0.4, -0.2) is 47.2 Å². The van der Waals surface area contributed by atoms with E-state index in [2.05, 4.69) is 14.9 Å². The lowest BCUT2D eigenvalue weighted by atomic mass is 10.2. The minimum absolute atomic E-state index is 0.249. The first-order chi connectivity index (χ1) is 12.3. The van der Waals surface area contributed by atoms with Gasteiger partial charge in [0.15, 0.2) is 0 Å². The van der Waals surface area contributed by atoms with E-state index in [1.807, 2.05) is 12.1 Å². The molecule has 2 aliphatic rings. The highest BCUT2D eigenvalue weighted by Gasteiger charge is 2.20. The summed E-state index contributed by atoms with van der Waals surface area (Å²) in [4.78, 5) is 10.9. The summed E-state index contributed by atoms with van der Waals surface area (Å²) in [6, 6.07) is 3.87. The summed E-state index contributed by atoms with van der Waals surface area (Å²) in [6.45, 7) is 3.99. The Labute approximate surface area is 153 Å². The maximum Gasteiger partial charge on any atom is 0.144 e. The molecule has 0 bridgehead atoms. The molecule has 1 saturated heterocycles. The molecule has 4 rings (SSSR count). The molecule has 1 aliphatic heterocycles. The number of fused-ring (bicyclic) bond motifs is 1. The number of rotatable bonds is 6. The van der Waals surface area contributed by atoms with Crippen molar-refractivity contribution >= 4 is 22.5 Å². The molecule has 25 heavy (non-hydrogen) atoms. The Morgan fingerprint density at radius 3 is 2.68 bits per heavy atom. The molecule has 0 N–H and O–H groups in total. The summed E-state index contributed by atoms with van der Waals surface area (Å²) in [5.41, 5.74) is 0.770. The number of halogens is 1. The number of aromatic nitrogens is 2. The van der Waals surface area contributed by atoms with Crippen molar-refractivity contribution in [1.82, 2.24) is 14.9 Å². The first-order valence-electron chi connectivity index (χ1n) is 9.26. The van der Waals surface area contributed by atoms with Crippen LogP contribution < -0.4 is 9.47 Å². The van der Waals surface area contributed by atoms with Crippen LogP contribution in [0.3, 0.4) is 0 Å². The molecule has 0 unspecified atom stereocenters. The monoisotopic (exact) mass is 361 g/mol. The van der Waals surface area contributed by atoms with Gasteiger partial charge in [-0.3, -0.25) is 4.90 Å². The maximum absolute atomic E-state index is 6.31. The van der Waals surface area contributed by atoms with E-state index in [9.17, 15) is 0 Å². The molecule has 2 heterocycles. The van der Waals surface area contributed by atoms with Crippen LogP contribution in [0.4, 0.5) is 0 Å². The SMILES string of the molecule is Clc1ncnc2cc(OCCN3CCCC3)cc(OC3CCCC3)c12. The summed E-state index contributed by atoms with van der Waals surface area (Å²) in [5.74, 6) is 1.53. The Hall–Kier alpha value is -1.59. The van der Waals surface area contributed by atoms with Crippen LogP contribution in [0.25, 0.3) is 10.9 Å². The molecule has 5 nitrogen and oxygen atoms in total. The number of hydrogen-bond acceptors (Lipinski definition) is 5. The Kier molecular flexibility index (Phi) is 5.22. The first-order valence-corrected chi connectivity index (χ1v) is 9.63. The molecular formula is C19H24ClN3O2. The van der Waals surface area contributed by atoms with Gasteiger partial charge in [0, 0.05) is 18.7 Å². The minimum Gasteiger partial charge on any atom is -0.492 e. The Balaban J connectivity index is 1.54. The number of benzene rings is 1. The van der Waals surface area contributed by atoms with Crippen molar-refractivity contribution in [1.29, 1.82) is 0 Å². The van der Waals surface area contributed by atoms with Crippen molar-refractivity contribution in [3.8, 4) is 11.5 Å². The van der Waals surface area contributed by atoms with Crippen molar-refractivity contribution in [2.45, 2.75) is 44.6 Å². The van der Waals surface area contributed by atoms with Crippen LogP contribution in [0.15, 0.2) is 18.5 Å². The molecule has 2 fully saturated rings. The molecule has 1 aromatic carbocycles. The average Bonchev–Trinajstić information content (AvgIpc) is 3.29.